The van der Waals surface area contributed by atoms with E-state index in [1.165, 1.54) is 18.4 Å². The van der Waals surface area contributed by atoms with E-state index in [0.717, 1.165) is 37.9 Å². The Kier molecular flexibility index (Phi) is 4.34. The van der Waals surface area contributed by atoms with Crippen molar-refractivity contribution in [2.24, 2.45) is 0 Å². The summed E-state index contributed by atoms with van der Waals surface area (Å²) in [5.74, 6) is 1.88. The van der Waals surface area contributed by atoms with Crippen LogP contribution >= 0.6 is 0 Å². The van der Waals surface area contributed by atoms with E-state index in [4.69, 9.17) is 4.98 Å². The topological polar surface area (TPSA) is 32.3 Å². The van der Waals surface area contributed by atoms with Gasteiger partial charge < -0.3 is 9.80 Å². The zero-order valence-electron chi connectivity index (χ0n) is 12.6. The zero-order valence-corrected chi connectivity index (χ0v) is 12.6. The molecule has 1 saturated heterocycles. The van der Waals surface area contributed by atoms with Gasteiger partial charge in [0.25, 0.3) is 0 Å². The molecular weight excluding hydrogens is 260 g/mol. The van der Waals surface area contributed by atoms with Crippen LogP contribution in [-0.2, 0) is 6.54 Å². The third-order valence-electron chi connectivity index (χ3n) is 3.94. The third-order valence-corrected chi connectivity index (χ3v) is 3.94. The van der Waals surface area contributed by atoms with E-state index >= 15 is 0 Å². The molecule has 0 N–H and O–H groups in total. The van der Waals surface area contributed by atoms with Gasteiger partial charge in [0.1, 0.15) is 5.82 Å². The molecule has 0 amide bonds. The van der Waals surface area contributed by atoms with E-state index in [1.807, 2.05) is 12.3 Å². The molecule has 1 aliphatic heterocycles. The quantitative estimate of drug-likeness (QED) is 0.843. The minimum Gasteiger partial charge on any atom is -0.352 e. The van der Waals surface area contributed by atoms with Gasteiger partial charge in [-0.25, -0.2) is 4.98 Å². The maximum atomic E-state index is 4.76. The second kappa shape index (κ2) is 6.57. The van der Waals surface area contributed by atoms with Crippen LogP contribution in [0.15, 0.2) is 42.6 Å². The Labute approximate surface area is 126 Å². The average molecular weight is 282 g/mol. The lowest BCUT2D eigenvalue weighted by molar-refractivity contribution is 0.801. The van der Waals surface area contributed by atoms with E-state index in [9.17, 15) is 0 Å². The zero-order chi connectivity index (χ0) is 14.5. The van der Waals surface area contributed by atoms with Gasteiger partial charge in [-0.05, 0) is 31.4 Å². The van der Waals surface area contributed by atoms with Crippen molar-refractivity contribution in [2.75, 3.05) is 29.4 Å². The fraction of sp³-hybridized carbons (Fsp3) is 0.412. The number of aromatic nitrogens is 2. The highest BCUT2D eigenvalue weighted by Crippen LogP contribution is 2.20. The van der Waals surface area contributed by atoms with Gasteiger partial charge in [0, 0.05) is 32.4 Å². The predicted octanol–water partition coefficient (Wildman–Crippen LogP) is 3.10. The molecule has 4 nitrogen and oxygen atoms in total. The normalized spacial score (nSPS) is 14.4. The number of hydrogen-bond donors (Lipinski definition) is 0. The summed E-state index contributed by atoms with van der Waals surface area (Å²) >= 11 is 0. The van der Waals surface area contributed by atoms with E-state index in [0.29, 0.717) is 0 Å². The van der Waals surface area contributed by atoms with Crippen LogP contribution < -0.4 is 9.80 Å². The molecule has 2 aromatic rings. The molecule has 3 rings (SSSR count). The molecule has 0 saturated carbocycles. The Balaban J connectivity index is 1.78. The second-order valence-corrected chi connectivity index (χ2v) is 5.41. The van der Waals surface area contributed by atoms with Crippen molar-refractivity contribution in [3.63, 3.8) is 0 Å². The summed E-state index contributed by atoms with van der Waals surface area (Å²) in [5.41, 5.74) is 1.31. The molecule has 1 fully saturated rings. The number of rotatable bonds is 5. The Hall–Kier alpha value is -2.10. The molecule has 110 valence electrons. The summed E-state index contributed by atoms with van der Waals surface area (Å²) in [5, 5.41) is 0. The predicted molar refractivity (Wildman–Crippen MR) is 86.6 cm³/mol. The number of hydrogen-bond acceptors (Lipinski definition) is 4. The Morgan fingerprint density at radius 1 is 1.10 bits per heavy atom. The van der Waals surface area contributed by atoms with Crippen LogP contribution in [-0.4, -0.2) is 29.6 Å². The van der Waals surface area contributed by atoms with Gasteiger partial charge in [-0.3, -0.25) is 0 Å². The summed E-state index contributed by atoms with van der Waals surface area (Å²) in [6.45, 7) is 6.14. The molecule has 2 heterocycles. The average Bonchev–Trinajstić information content (AvgIpc) is 3.08. The molecule has 1 aromatic heterocycles. The lowest BCUT2D eigenvalue weighted by Crippen LogP contribution is -2.25. The van der Waals surface area contributed by atoms with Gasteiger partial charge in [0.2, 0.25) is 5.95 Å². The largest absolute Gasteiger partial charge is 0.352 e. The highest BCUT2D eigenvalue weighted by molar-refractivity contribution is 5.44. The van der Waals surface area contributed by atoms with Crippen molar-refractivity contribution in [2.45, 2.75) is 26.3 Å². The molecule has 21 heavy (non-hydrogen) atoms. The monoisotopic (exact) mass is 282 g/mol. The summed E-state index contributed by atoms with van der Waals surface area (Å²) in [7, 11) is 0. The lowest BCUT2D eigenvalue weighted by atomic mass is 10.2. The van der Waals surface area contributed by atoms with Gasteiger partial charge in [-0.1, -0.05) is 30.3 Å². The first kappa shape index (κ1) is 13.9. The van der Waals surface area contributed by atoms with Gasteiger partial charge in [-0.15, -0.1) is 0 Å². The van der Waals surface area contributed by atoms with E-state index < -0.39 is 0 Å². The minimum atomic E-state index is 0.872. The standard InChI is InChI=1S/C17H22N4/c1-2-20(14-15-8-4-3-5-9-15)16-10-11-18-17(19-16)21-12-6-7-13-21/h3-5,8-11H,2,6-7,12-14H2,1H3. The lowest BCUT2D eigenvalue weighted by Gasteiger charge is -2.23. The summed E-state index contributed by atoms with van der Waals surface area (Å²) in [6, 6.07) is 12.5. The van der Waals surface area contributed by atoms with Gasteiger partial charge in [-0.2, -0.15) is 4.98 Å². The molecule has 0 radical (unpaired) electrons. The van der Waals surface area contributed by atoms with Crippen LogP contribution in [0.5, 0.6) is 0 Å². The number of anilines is 2. The van der Waals surface area contributed by atoms with Gasteiger partial charge in [0.15, 0.2) is 0 Å². The summed E-state index contributed by atoms with van der Waals surface area (Å²) in [6.07, 6.45) is 4.37. The van der Waals surface area contributed by atoms with Crippen LogP contribution in [0, 0.1) is 0 Å². The van der Waals surface area contributed by atoms with Crippen molar-refractivity contribution in [1.29, 1.82) is 0 Å². The molecule has 0 aliphatic carbocycles. The Morgan fingerprint density at radius 3 is 2.57 bits per heavy atom. The van der Waals surface area contributed by atoms with E-state index in [1.54, 1.807) is 0 Å². The number of benzene rings is 1. The molecule has 0 atom stereocenters. The van der Waals surface area contributed by atoms with Crippen LogP contribution in [0.3, 0.4) is 0 Å². The van der Waals surface area contributed by atoms with Crippen LogP contribution in [0.1, 0.15) is 25.3 Å². The second-order valence-electron chi connectivity index (χ2n) is 5.41. The Morgan fingerprint density at radius 2 is 1.86 bits per heavy atom. The van der Waals surface area contributed by atoms with E-state index in [-0.39, 0.29) is 0 Å². The SMILES string of the molecule is CCN(Cc1ccccc1)c1ccnc(N2CCCC2)n1. The van der Waals surface area contributed by atoms with Crippen molar-refractivity contribution in [1.82, 2.24) is 9.97 Å². The Bertz CT molecular complexity index is 564. The third kappa shape index (κ3) is 3.32. The maximum Gasteiger partial charge on any atom is 0.227 e. The molecule has 1 aliphatic rings. The fourth-order valence-corrected chi connectivity index (χ4v) is 2.74. The molecule has 0 bridgehead atoms. The first-order valence-electron chi connectivity index (χ1n) is 7.73. The van der Waals surface area contributed by atoms with E-state index in [2.05, 4.69) is 52.0 Å². The minimum absolute atomic E-state index is 0.872. The first-order chi connectivity index (χ1) is 10.4. The molecule has 0 spiro atoms. The van der Waals surface area contributed by atoms with Crippen molar-refractivity contribution < 1.29 is 0 Å². The summed E-state index contributed by atoms with van der Waals surface area (Å²) < 4.78 is 0. The van der Waals surface area contributed by atoms with Crippen LogP contribution in [0.4, 0.5) is 11.8 Å². The molecule has 1 aromatic carbocycles. The van der Waals surface area contributed by atoms with Crippen molar-refractivity contribution >= 4 is 11.8 Å². The van der Waals surface area contributed by atoms with Crippen LogP contribution in [0.2, 0.25) is 0 Å². The van der Waals surface area contributed by atoms with Crippen molar-refractivity contribution in [3.8, 4) is 0 Å². The highest BCUT2D eigenvalue weighted by Gasteiger charge is 2.16. The fourth-order valence-electron chi connectivity index (χ4n) is 2.74. The van der Waals surface area contributed by atoms with Crippen molar-refractivity contribution in [3.05, 3.63) is 48.2 Å². The van der Waals surface area contributed by atoms with Gasteiger partial charge >= 0.3 is 0 Å². The highest BCUT2D eigenvalue weighted by atomic mass is 15.3. The molecule has 0 unspecified atom stereocenters. The summed E-state index contributed by atoms with van der Waals surface area (Å²) in [4.78, 5) is 13.8. The maximum absolute atomic E-state index is 4.76. The number of nitrogens with zero attached hydrogens (tertiary/aromatic N) is 4. The van der Waals surface area contributed by atoms with Gasteiger partial charge in [0.05, 0.1) is 0 Å². The molecule has 4 heteroatoms. The smallest absolute Gasteiger partial charge is 0.227 e. The molecular formula is C17H22N4. The first-order valence-corrected chi connectivity index (χ1v) is 7.73. The van der Waals surface area contributed by atoms with Crippen LogP contribution in [0.25, 0.3) is 0 Å².